The molecule has 1 fully saturated rings. The van der Waals surface area contributed by atoms with Gasteiger partial charge >= 0.3 is 0 Å². The summed E-state index contributed by atoms with van der Waals surface area (Å²) in [7, 11) is 1.65. The van der Waals surface area contributed by atoms with Crippen molar-refractivity contribution >= 4 is 28.7 Å². The molecule has 1 aliphatic rings. The number of ether oxygens (including phenoxy) is 1. The lowest BCUT2D eigenvalue weighted by Gasteiger charge is -2.36. The fraction of sp³-hybridized carbons (Fsp3) is 0.556. The molecule has 24 heavy (non-hydrogen) atoms. The second-order valence-corrected chi connectivity index (χ2v) is 8.20. The number of nitrogens with zero attached hydrogens (tertiary/aromatic N) is 2. The summed E-state index contributed by atoms with van der Waals surface area (Å²) >= 11 is 1.49. The van der Waals surface area contributed by atoms with E-state index in [9.17, 15) is 4.79 Å². The summed E-state index contributed by atoms with van der Waals surface area (Å²) in [6.07, 6.45) is 1.21. The molecule has 3 unspecified atom stereocenters. The van der Waals surface area contributed by atoms with Crippen molar-refractivity contribution in [1.82, 2.24) is 14.9 Å². The Labute approximate surface area is 147 Å². The van der Waals surface area contributed by atoms with Crippen LogP contribution in [0.4, 0.5) is 0 Å². The van der Waals surface area contributed by atoms with E-state index in [0.29, 0.717) is 11.8 Å². The number of nitrogens with one attached hydrogen (secondary N) is 1. The third kappa shape index (κ3) is 3.69. The van der Waals surface area contributed by atoms with Gasteiger partial charge in [0.05, 0.1) is 23.4 Å². The van der Waals surface area contributed by atoms with E-state index in [1.165, 1.54) is 18.2 Å². The van der Waals surface area contributed by atoms with Crippen LogP contribution in [-0.2, 0) is 4.79 Å². The van der Waals surface area contributed by atoms with Crippen LogP contribution in [-0.4, -0.2) is 46.2 Å². The number of imidazole rings is 1. The number of aromatic nitrogens is 2. The fourth-order valence-electron chi connectivity index (χ4n) is 3.47. The summed E-state index contributed by atoms with van der Waals surface area (Å²) < 4.78 is 5.23. The number of amides is 1. The van der Waals surface area contributed by atoms with Crippen LogP contribution in [0.25, 0.3) is 11.0 Å². The second kappa shape index (κ2) is 7.05. The zero-order valence-corrected chi connectivity index (χ0v) is 15.5. The fourth-order valence-corrected chi connectivity index (χ4v) is 4.37. The minimum Gasteiger partial charge on any atom is -0.497 e. The van der Waals surface area contributed by atoms with Crippen molar-refractivity contribution < 1.29 is 9.53 Å². The highest BCUT2D eigenvalue weighted by molar-refractivity contribution is 8.00. The Morgan fingerprint density at radius 1 is 1.38 bits per heavy atom. The van der Waals surface area contributed by atoms with Crippen LogP contribution in [0.3, 0.4) is 0 Å². The Balaban J connectivity index is 1.69. The van der Waals surface area contributed by atoms with Crippen LogP contribution in [0.2, 0.25) is 0 Å². The van der Waals surface area contributed by atoms with Crippen LogP contribution in [0, 0.1) is 11.8 Å². The average molecular weight is 347 g/mol. The molecule has 130 valence electrons. The highest BCUT2D eigenvalue weighted by Crippen LogP contribution is 2.28. The number of likely N-dealkylation sites (tertiary alicyclic amines) is 1. The van der Waals surface area contributed by atoms with Gasteiger partial charge in [0.25, 0.3) is 0 Å². The number of rotatable bonds is 4. The standard InChI is InChI=1S/C18H25N3O2S/c1-11-7-12(2)10-21(9-11)17(22)13(3)24-18-19-15-6-5-14(23-4)8-16(15)20-18/h5-6,8,11-13H,7,9-10H2,1-4H3,(H,19,20). The van der Waals surface area contributed by atoms with Gasteiger partial charge in [0, 0.05) is 19.2 Å². The average Bonchev–Trinajstić information content (AvgIpc) is 2.94. The predicted octanol–water partition coefficient (Wildman–Crippen LogP) is 3.56. The molecule has 3 atom stereocenters. The third-order valence-corrected chi connectivity index (χ3v) is 5.46. The van der Waals surface area contributed by atoms with E-state index >= 15 is 0 Å². The van der Waals surface area contributed by atoms with Crippen molar-refractivity contribution in [1.29, 1.82) is 0 Å². The first-order valence-corrected chi connectivity index (χ1v) is 9.33. The Bertz CT molecular complexity index is 720. The Kier molecular flexibility index (Phi) is 5.04. The van der Waals surface area contributed by atoms with Gasteiger partial charge in [-0.25, -0.2) is 4.98 Å². The summed E-state index contributed by atoms with van der Waals surface area (Å²) in [6, 6.07) is 5.74. The smallest absolute Gasteiger partial charge is 0.235 e. The molecule has 2 aromatic rings. The van der Waals surface area contributed by atoms with Gasteiger partial charge < -0.3 is 14.6 Å². The summed E-state index contributed by atoms with van der Waals surface area (Å²) in [6.45, 7) is 8.14. The van der Waals surface area contributed by atoms with Crippen molar-refractivity contribution in [3.05, 3.63) is 18.2 Å². The highest BCUT2D eigenvalue weighted by Gasteiger charge is 2.29. The number of hydrogen-bond acceptors (Lipinski definition) is 4. The molecule has 0 saturated carbocycles. The summed E-state index contributed by atoms with van der Waals surface area (Å²) in [4.78, 5) is 22.6. The number of H-pyrrole nitrogens is 1. The third-order valence-electron chi connectivity index (χ3n) is 4.48. The first kappa shape index (κ1) is 17.1. The first-order valence-electron chi connectivity index (χ1n) is 8.45. The molecule has 0 bridgehead atoms. The van der Waals surface area contributed by atoms with Gasteiger partial charge in [0.2, 0.25) is 5.91 Å². The van der Waals surface area contributed by atoms with Crippen molar-refractivity contribution in [2.75, 3.05) is 20.2 Å². The van der Waals surface area contributed by atoms with E-state index < -0.39 is 0 Å². The number of carbonyl (C=O) groups excluding carboxylic acids is 1. The Hall–Kier alpha value is -1.69. The van der Waals surface area contributed by atoms with E-state index in [0.717, 1.165) is 35.0 Å². The quantitative estimate of drug-likeness (QED) is 0.859. The molecule has 2 heterocycles. The summed E-state index contributed by atoms with van der Waals surface area (Å²) in [5, 5.41) is 0.627. The maximum Gasteiger partial charge on any atom is 0.235 e. The normalized spacial score (nSPS) is 22.6. The minimum atomic E-state index is -0.148. The van der Waals surface area contributed by atoms with E-state index in [2.05, 4.69) is 23.8 Å². The number of aromatic amines is 1. The van der Waals surface area contributed by atoms with E-state index in [1.807, 2.05) is 30.0 Å². The topological polar surface area (TPSA) is 58.2 Å². The monoisotopic (exact) mass is 347 g/mol. The minimum absolute atomic E-state index is 0.148. The van der Waals surface area contributed by atoms with E-state index in [1.54, 1.807) is 7.11 Å². The van der Waals surface area contributed by atoms with Gasteiger partial charge in [-0.3, -0.25) is 4.79 Å². The summed E-state index contributed by atoms with van der Waals surface area (Å²) in [5.41, 5.74) is 1.81. The molecule has 6 heteroatoms. The maximum atomic E-state index is 12.8. The molecule has 1 aromatic carbocycles. The van der Waals surface area contributed by atoms with Crippen LogP contribution >= 0.6 is 11.8 Å². The van der Waals surface area contributed by atoms with Gasteiger partial charge in [-0.2, -0.15) is 0 Å². The van der Waals surface area contributed by atoms with Crippen LogP contribution in [0.5, 0.6) is 5.75 Å². The van der Waals surface area contributed by atoms with E-state index in [-0.39, 0.29) is 11.2 Å². The Morgan fingerprint density at radius 3 is 2.75 bits per heavy atom. The van der Waals surface area contributed by atoms with Gasteiger partial charge in [-0.15, -0.1) is 0 Å². The zero-order chi connectivity index (χ0) is 17.3. The zero-order valence-electron chi connectivity index (χ0n) is 14.7. The molecule has 1 N–H and O–H groups in total. The molecule has 3 rings (SSSR count). The number of methoxy groups -OCH3 is 1. The number of piperidine rings is 1. The first-order chi connectivity index (χ1) is 11.5. The molecule has 1 amide bonds. The highest BCUT2D eigenvalue weighted by atomic mass is 32.2. The number of thioether (sulfide) groups is 1. The Morgan fingerprint density at radius 2 is 2.08 bits per heavy atom. The molecular formula is C18H25N3O2S. The summed E-state index contributed by atoms with van der Waals surface area (Å²) in [5.74, 6) is 2.15. The molecular weight excluding hydrogens is 322 g/mol. The van der Waals surface area contributed by atoms with Crippen LogP contribution < -0.4 is 4.74 Å². The van der Waals surface area contributed by atoms with Crippen molar-refractivity contribution in [2.24, 2.45) is 11.8 Å². The number of hydrogen-bond donors (Lipinski definition) is 1. The molecule has 1 saturated heterocycles. The van der Waals surface area contributed by atoms with Gasteiger partial charge in [0.15, 0.2) is 5.16 Å². The van der Waals surface area contributed by atoms with Crippen molar-refractivity contribution in [3.63, 3.8) is 0 Å². The molecule has 5 nitrogen and oxygen atoms in total. The molecule has 0 spiro atoms. The predicted molar refractivity (Wildman–Crippen MR) is 97.5 cm³/mol. The molecule has 1 aromatic heterocycles. The van der Waals surface area contributed by atoms with Crippen molar-refractivity contribution in [2.45, 2.75) is 37.6 Å². The lowest BCUT2D eigenvalue weighted by atomic mass is 9.92. The number of carbonyl (C=O) groups is 1. The lowest BCUT2D eigenvalue weighted by molar-refractivity contribution is -0.132. The molecule has 0 radical (unpaired) electrons. The number of benzene rings is 1. The van der Waals surface area contributed by atoms with Crippen molar-refractivity contribution in [3.8, 4) is 5.75 Å². The second-order valence-electron chi connectivity index (χ2n) is 6.87. The van der Waals surface area contributed by atoms with Crippen LogP contribution in [0.1, 0.15) is 27.2 Å². The van der Waals surface area contributed by atoms with Gasteiger partial charge in [-0.05, 0) is 37.3 Å². The maximum absolute atomic E-state index is 12.8. The van der Waals surface area contributed by atoms with Gasteiger partial charge in [-0.1, -0.05) is 25.6 Å². The van der Waals surface area contributed by atoms with E-state index in [4.69, 9.17) is 4.74 Å². The molecule has 1 aliphatic heterocycles. The number of fused-ring (bicyclic) bond motifs is 1. The SMILES string of the molecule is COc1ccc2nc(SC(C)C(=O)N3CC(C)CC(C)C3)[nH]c2c1. The molecule has 0 aliphatic carbocycles. The van der Waals surface area contributed by atoms with Gasteiger partial charge in [0.1, 0.15) is 5.75 Å². The largest absolute Gasteiger partial charge is 0.497 e. The van der Waals surface area contributed by atoms with Crippen LogP contribution in [0.15, 0.2) is 23.4 Å². The lowest BCUT2D eigenvalue weighted by Crippen LogP contribution is -2.45.